The molecule has 2 N–H and O–H groups in total. The van der Waals surface area contributed by atoms with Gasteiger partial charge in [-0.15, -0.1) is 0 Å². The van der Waals surface area contributed by atoms with Crippen LogP contribution in [0.15, 0.2) is 0 Å². The Morgan fingerprint density at radius 3 is 2.42 bits per heavy atom. The van der Waals surface area contributed by atoms with Crippen LogP contribution >= 0.6 is 0 Å². The average Bonchev–Trinajstić information content (AvgIpc) is 2.39. The normalized spacial score (nSPS) is 44.8. The highest BCUT2D eigenvalue weighted by atomic mass is 16.3. The molecule has 0 heterocycles. The SMILES string of the molecule is CC1(C)CC1N[C@@H]1CCC[C@H]1O. The Balaban J connectivity index is 1.80. The first-order valence-electron chi connectivity index (χ1n) is 5.04. The van der Waals surface area contributed by atoms with Gasteiger partial charge in [0.05, 0.1) is 6.10 Å². The second-order valence-corrected chi connectivity index (χ2v) is 5.02. The van der Waals surface area contributed by atoms with Crippen LogP contribution in [0.3, 0.4) is 0 Å². The van der Waals surface area contributed by atoms with Crippen LogP contribution in [0.4, 0.5) is 0 Å². The van der Waals surface area contributed by atoms with Crippen LogP contribution in [-0.2, 0) is 0 Å². The average molecular weight is 169 g/mol. The summed E-state index contributed by atoms with van der Waals surface area (Å²) in [4.78, 5) is 0. The summed E-state index contributed by atoms with van der Waals surface area (Å²) in [6, 6.07) is 1.05. The molecular weight excluding hydrogens is 150 g/mol. The Kier molecular flexibility index (Phi) is 1.92. The summed E-state index contributed by atoms with van der Waals surface area (Å²) < 4.78 is 0. The highest BCUT2D eigenvalue weighted by Crippen LogP contribution is 2.45. The predicted molar refractivity (Wildman–Crippen MR) is 49.0 cm³/mol. The molecule has 2 saturated carbocycles. The fraction of sp³-hybridized carbons (Fsp3) is 1.00. The van der Waals surface area contributed by atoms with Crippen molar-refractivity contribution in [3.05, 3.63) is 0 Å². The van der Waals surface area contributed by atoms with Crippen LogP contribution in [0.25, 0.3) is 0 Å². The van der Waals surface area contributed by atoms with Crippen LogP contribution in [0, 0.1) is 5.41 Å². The van der Waals surface area contributed by atoms with E-state index in [2.05, 4.69) is 19.2 Å². The summed E-state index contributed by atoms with van der Waals surface area (Å²) in [6.45, 7) is 4.57. The molecule has 0 amide bonds. The third-order valence-electron chi connectivity index (χ3n) is 3.41. The summed E-state index contributed by atoms with van der Waals surface area (Å²) >= 11 is 0. The van der Waals surface area contributed by atoms with E-state index in [9.17, 15) is 5.11 Å². The lowest BCUT2D eigenvalue weighted by atomic mass is 10.1. The van der Waals surface area contributed by atoms with Crippen LogP contribution in [0.1, 0.15) is 39.5 Å². The Bertz CT molecular complexity index is 179. The van der Waals surface area contributed by atoms with E-state index in [0.717, 1.165) is 12.8 Å². The van der Waals surface area contributed by atoms with Gasteiger partial charge in [-0.3, -0.25) is 0 Å². The molecule has 1 unspecified atom stereocenters. The smallest absolute Gasteiger partial charge is 0.0693 e. The third-order valence-corrected chi connectivity index (χ3v) is 3.41. The van der Waals surface area contributed by atoms with Crippen LogP contribution in [0.5, 0.6) is 0 Å². The third kappa shape index (κ3) is 1.50. The molecular formula is C10H19NO. The number of aliphatic hydroxyl groups excluding tert-OH is 1. The molecule has 2 rings (SSSR count). The Hall–Kier alpha value is -0.0800. The van der Waals surface area contributed by atoms with Gasteiger partial charge in [0.25, 0.3) is 0 Å². The molecule has 0 aromatic rings. The lowest BCUT2D eigenvalue weighted by Gasteiger charge is -2.17. The van der Waals surface area contributed by atoms with E-state index in [4.69, 9.17) is 0 Å². The van der Waals surface area contributed by atoms with Gasteiger partial charge in [-0.2, -0.15) is 0 Å². The fourth-order valence-corrected chi connectivity index (χ4v) is 2.14. The van der Waals surface area contributed by atoms with Gasteiger partial charge in [-0.05, 0) is 31.1 Å². The van der Waals surface area contributed by atoms with Crippen molar-refractivity contribution in [2.24, 2.45) is 5.41 Å². The Morgan fingerprint density at radius 1 is 1.33 bits per heavy atom. The minimum absolute atomic E-state index is 0.0820. The van der Waals surface area contributed by atoms with Crippen molar-refractivity contribution in [3.8, 4) is 0 Å². The van der Waals surface area contributed by atoms with E-state index < -0.39 is 0 Å². The van der Waals surface area contributed by atoms with Crippen molar-refractivity contribution in [1.82, 2.24) is 5.32 Å². The maximum absolute atomic E-state index is 9.57. The van der Waals surface area contributed by atoms with Gasteiger partial charge in [0.2, 0.25) is 0 Å². The summed E-state index contributed by atoms with van der Waals surface area (Å²) in [5, 5.41) is 13.1. The summed E-state index contributed by atoms with van der Waals surface area (Å²) in [6.07, 6.45) is 4.53. The van der Waals surface area contributed by atoms with Crippen molar-refractivity contribution in [2.45, 2.75) is 57.7 Å². The molecule has 0 aromatic carbocycles. The molecule has 0 spiro atoms. The standard InChI is InChI=1S/C10H19NO/c1-10(2)6-9(10)11-7-4-3-5-8(7)12/h7-9,11-12H,3-6H2,1-2H3/t7-,8-,9?/m1/s1. The molecule has 2 aliphatic rings. The van der Waals surface area contributed by atoms with Crippen molar-refractivity contribution in [2.75, 3.05) is 0 Å². The van der Waals surface area contributed by atoms with Gasteiger partial charge < -0.3 is 10.4 Å². The zero-order valence-electron chi connectivity index (χ0n) is 8.01. The number of aliphatic hydroxyl groups is 1. The molecule has 70 valence electrons. The molecule has 0 aromatic heterocycles. The van der Waals surface area contributed by atoms with E-state index in [0.29, 0.717) is 17.5 Å². The predicted octanol–water partition coefficient (Wildman–Crippen LogP) is 1.29. The summed E-state index contributed by atoms with van der Waals surface area (Å²) in [5.41, 5.74) is 0.488. The molecule has 12 heavy (non-hydrogen) atoms. The zero-order chi connectivity index (χ0) is 8.77. The highest BCUT2D eigenvalue weighted by Gasteiger charge is 2.47. The largest absolute Gasteiger partial charge is 0.392 e. The zero-order valence-corrected chi connectivity index (χ0v) is 8.01. The van der Waals surface area contributed by atoms with E-state index in [1.54, 1.807) is 0 Å². The van der Waals surface area contributed by atoms with Gasteiger partial charge in [0, 0.05) is 12.1 Å². The lowest BCUT2D eigenvalue weighted by molar-refractivity contribution is 0.146. The summed E-state index contributed by atoms with van der Waals surface area (Å²) in [5.74, 6) is 0. The van der Waals surface area contributed by atoms with Gasteiger partial charge in [0.1, 0.15) is 0 Å². The number of nitrogens with one attached hydrogen (secondary N) is 1. The monoisotopic (exact) mass is 169 g/mol. The van der Waals surface area contributed by atoms with Gasteiger partial charge >= 0.3 is 0 Å². The Labute approximate surface area is 74.4 Å². The summed E-state index contributed by atoms with van der Waals surface area (Å²) in [7, 11) is 0. The van der Waals surface area contributed by atoms with Crippen LogP contribution in [-0.4, -0.2) is 23.3 Å². The number of rotatable bonds is 2. The van der Waals surface area contributed by atoms with E-state index >= 15 is 0 Å². The first kappa shape index (κ1) is 8.52. The maximum atomic E-state index is 9.57. The second-order valence-electron chi connectivity index (χ2n) is 5.02. The van der Waals surface area contributed by atoms with Gasteiger partial charge in [-0.1, -0.05) is 13.8 Å². The highest BCUT2D eigenvalue weighted by molar-refractivity contribution is 5.04. The molecule has 2 aliphatic carbocycles. The van der Waals surface area contributed by atoms with Crippen molar-refractivity contribution in [3.63, 3.8) is 0 Å². The van der Waals surface area contributed by atoms with Crippen molar-refractivity contribution in [1.29, 1.82) is 0 Å². The van der Waals surface area contributed by atoms with E-state index in [-0.39, 0.29) is 6.10 Å². The quantitative estimate of drug-likeness (QED) is 0.653. The van der Waals surface area contributed by atoms with Gasteiger partial charge in [-0.25, -0.2) is 0 Å². The maximum Gasteiger partial charge on any atom is 0.0693 e. The topological polar surface area (TPSA) is 32.3 Å². The second kappa shape index (κ2) is 2.71. The molecule has 0 bridgehead atoms. The first-order valence-corrected chi connectivity index (χ1v) is 5.04. The van der Waals surface area contributed by atoms with Crippen molar-refractivity contribution >= 4 is 0 Å². The molecule has 2 fully saturated rings. The minimum Gasteiger partial charge on any atom is -0.392 e. The van der Waals surface area contributed by atoms with Crippen LogP contribution < -0.4 is 5.32 Å². The van der Waals surface area contributed by atoms with Gasteiger partial charge in [0.15, 0.2) is 0 Å². The number of hydrogen-bond acceptors (Lipinski definition) is 2. The molecule has 3 atom stereocenters. The molecule has 2 nitrogen and oxygen atoms in total. The number of hydrogen-bond donors (Lipinski definition) is 2. The first-order chi connectivity index (χ1) is 5.59. The van der Waals surface area contributed by atoms with Crippen LogP contribution in [0.2, 0.25) is 0 Å². The minimum atomic E-state index is -0.0820. The fourth-order valence-electron chi connectivity index (χ4n) is 2.14. The lowest BCUT2D eigenvalue weighted by Crippen LogP contribution is -2.38. The van der Waals surface area contributed by atoms with E-state index in [1.165, 1.54) is 12.8 Å². The molecule has 0 saturated heterocycles. The molecule has 0 radical (unpaired) electrons. The Morgan fingerprint density at radius 2 is 2.00 bits per heavy atom. The molecule has 2 heteroatoms. The molecule has 0 aliphatic heterocycles. The van der Waals surface area contributed by atoms with E-state index in [1.807, 2.05) is 0 Å². The van der Waals surface area contributed by atoms with Crippen molar-refractivity contribution < 1.29 is 5.11 Å².